The highest BCUT2D eigenvalue weighted by atomic mass is 127. The highest BCUT2D eigenvalue weighted by molar-refractivity contribution is 14.0. The molecular weight excluding hydrogens is 457 g/mol. The molecule has 144 valence electrons. The summed E-state index contributed by atoms with van der Waals surface area (Å²) in [5.74, 6) is 0.841. The molecule has 1 aromatic carbocycles. The van der Waals surface area contributed by atoms with Gasteiger partial charge in [-0.05, 0) is 44.4 Å². The quantitative estimate of drug-likeness (QED) is 0.271. The van der Waals surface area contributed by atoms with E-state index in [0.29, 0.717) is 0 Å². The number of nitrogens with one attached hydrogen (secondary N) is 2. The molecule has 26 heavy (non-hydrogen) atoms. The molecule has 0 aliphatic rings. The van der Waals surface area contributed by atoms with E-state index in [-0.39, 0.29) is 24.0 Å². The number of guanidine groups is 1. The maximum absolute atomic E-state index is 4.46. The SMILES string of the molecule is CN=C(NCCCc1ccc(N(C)C)cc1)NCc1sc(C)nc1C.I. The fourth-order valence-corrected chi connectivity index (χ4v) is 3.46. The molecule has 0 amide bonds. The molecule has 2 rings (SSSR count). The lowest BCUT2D eigenvalue weighted by Crippen LogP contribution is -2.37. The predicted molar refractivity (Wildman–Crippen MR) is 124 cm³/mol. The van der Waals surface area contributed by atoms with Crippen molar-refractivity contribution in [2.24, 2.45) is 4.99 Å². The molecule has 0 aliphatic carbocycles. The summed E-state index contributed by atoms with van der Waals surface area (Å²) in [7, 11) is 5.93. The highest BCUT2D eigenvalue weighted by Crippen LogP contribution is 2.16. The summed E-state index contributed by atoms with van der Waals surface area (Å²) in [6.45, 7) is 5.76. The fourth-order valence-electron chi connectivity index (χ4n) is 2.58. The zero-order chi connectivity index (χ0) is 18.2. The second-order valence-corrected chi connectivity index (χ2v) is 7.55. The summed E-state index contributed by atoms with van der Waals surface area (Å²) in [4.78, 5) is 12.1. The van der Waals surface area contributed by atoms with Crippen LogP contribution in [0.2, 0.25) is 0 Å². The second-order valence-electron chi connectivity index (χ2n) is 6.26. The van der Waals surface area contributed by atoms with Gasteiger partial charge >= 0.3 is 0 Å². The summed E-state index contributed by atoms with van der Waals surface area (Å²) >= 11 is 1.74. The maximum Gasteiger partial charge on any atom is 0.191 e. The van der Waals surface area contributed by atoms with Crippen LogP contribution in [0, 0.1) is 13.8 Å². The maximum atomic E-state index is 4.46. The van der Waals surface area contributed by atoms with Crippen molar-refractivity contribution in [1.29, 1.82) is 0 Å². The lowest BCUT2D eigenvalue weighted by Gasteiger charge is -2.13. The lowest BCUT2D eigenvalue weighted by atomic mass is 10.1. The number of aliphatic imine (C=N–C) groups is 1. The summed E-state index contributed by atoms with van der Waals surface area (Å²) < 4.78 is 0. The van der Waals surface area contributed by atoms with Gasteiger partial charge in [0.25, 0.3) is 0 Å². The van der Waals surface area contributed by atoms with Crippen molar-refractivity contribution in [3.8, 4) is 0 Å². The third-order valence-corrected chi connectivity index (χ3v) is 5.10. The van der Waals surface area contributed by atoms with Crippen LogP contribution in [0.15, 0.2) is 29.3 Å². The molecule has 5 nitrogen and oxygen atoms in total. The molecule has 0 saturated heterocycles. The van der Waals surface area contributed by atoms with Crippen LogP contribution in [-0.2, 0) is 13.0 Å². The Morgan fingerprint density at radius 2 is 1.85 bits per heavy atom. The smallest absolute Gasteiger partial charge is 0.191 e. The number of hydrogen-bond acceptors (Lipinski definition) is 4. The van der Waals surface area contributed by atoms with Crippen LogP contribution in [0.1, 0.15) is 27.6 Å². The minimum absolute atomic E-state index is 0. The van der Waals surface area contributed by atoms with Gasteiger partial charge in [-0.15, -0.1) is 35.3 Å². The first-order valence-electron chi connectivity index (χ1n) is 8.63. The molecule has 2 aromatic rings. The van der Waals surface area contributed by atoms with Crippen molar-refractivity contribution in [1.82, 2.24) is 15.6 Å². The van der Waals surface area contributed by atoms with E-state index >= 15 is 0 Å². The Hall–Kier alpha value is -1.35. The van der Waals surface area contributed by atoms with E-state index in [4.69, 9.17) is 0 Å². The number of aromatic nitrogens is 1. The third-order valence-electron chi connectivity index (χ3n) is 4.03. The molecule has 1 heterocycles. The number of benzene rings is 1. The Kier molecular flexibility index (Phi) is 9.93. The Morgan fingerprint density at radius 3 is 2.38 bits per heavy atom. The zero-order valence-corrected chi connectivity index (χ0v) is 19.4. The molecule has 7 heteroatoms. The van der Waals surface area contributed by atoms with Crippen molar-refractivity contribution in [2.45, 2.75) is 33.2 Å². The van der Waals surface area contributed by atoms with Crippen molar-refractivity contribution < 1.29 is 0 Å². The van der Waals surface area contributed by atoms with Crippen LogP contribution in [-0.4, -0.2) is 38.6 Å². The van der Waals surface area contributed by atoms with Gasteiger partial charge in [0.1, 0.15) is 0 Å². The number of nitrogens with zero attached hydrogens (tertiary/aromatic N) is 3. The number of anilines is 1. The molecule has 0 fully saturated rings. The first-order valence-corrected chi connectivity index (χ1v) is 9.45. The number of hydrogen-bond donors (Lipinski definition) is 2. The molecule has 0 bridgehead atoms. The van der Waals surface area contributed by atoms with Crippen LogP contribution in [0.3, 0.4) is 0 Å². The van der Waals surface area contributed by atoms with E-state index < -0.39 is 0 Å². The Balaban J connectivity index is 0.00000338. The minimum atomic E-state index is 0. The number of rotatable bonds is 7. The Morgan fingerprint density at radius 1 is 1.15 bits per heavy atom. The molecule has 0 radical (unpaired) electrons. The molecule has 1 aromatic heterocycles. The number of thiazole rings is 1. The van der Waals surface area contributed by atoms with E-state index in [1.165, 1.54) is 16.1 Å². The topological polar surface area (TPSA) is 52.6 Å². The summed E-state index contributed by atoms with van der Waals surface area (Å²) in [6.07, 6.45) is 2.13. The number of aryl methyl sites for hydroxylation is 3. The molecule has 0 aliphatic heterocycles. The summed E-state index contributed by atoms with van der Waals surface area (Å²) in [5.41, 5.74) is 3.71. The number of halogens is 1. The lowest BCUT2D eigenvalue weighted by molar-refractivity contribution is 0.743. The van der Waals surface area contributed by atoms with Crippen molar-refractivity contribution in [3.63, 3.8) is 0 Å². The molecular formula is C19H30IN5S. The average molecular weight is 487 g/mol. The van der Waals surface area contributed by atoms with Gasteiger partial charge in [0.2, 0.25) is 0 Å². The van der Waals surface area contributed by atoms with Gasteiger partial charge < -0.3 is 15.5 Å². The van der Waals surface area contributed by atoms with Gasteiger partial charge in [0, 0.05) is 38.3 Å². The molecule has 0 saturated carbocycles. The largest absolute Gasteiger partial charge is 0.378 e. The molecule has 2 N–H and O–H groups in total. The Labute approximate surface area is 178 Å². The van der Waals surface area contributed by atoms with Crippen LogP contribution in [0.25, 0.3) is 0 Å². The van der Waals surface area contributed by atoms with Crippen molar-refractivity contribution >= 4 is 47.0 Å². The predicted octanol–water partition coefficient (Wildman–Crippen LogP) is 3.74. The summed E-state index contributed by atoms with van der Waals surface area (Å²) in [6, 6.07) is 8.75. The first kappa shape index (κ1) is 22.7. The van der Waals surface area contributed by atoms with Gasteiger partial charge in [-0.2, -0.15) is 0 Å². The van der Waals surface area contributed by atoms with Crippen molar-refractivity contribution in [2.75, 3.05) is 32.6 Å². The third kappa shape index (κ3) is 7.11. The standard InChI is InChI=1S/C19H29N5S.HI/c1-14-18(25-15(2)23-14)13-22-19(20-3)21-12-6-7-16-8-10-17(11-9-16)24(4)5;/h8-11H,6-7,12-13H2,1-5H3,(H2,20,21,22);1H. The second kappa shape index (κ2) is 11.4. The van der Waals surface area contributed by atoms with E-state index in [1.54, 1.807) is 18.4 Å². The van der Waals surface area contributed by atoms with Gasteiger partial charge in [-0.1, -0.05) is 12.1 Å². The molecule has 0 atom stereocenters. The van der Waals surface area contributed by atoms with E-state index in [9.17, 15) is 0 Å². The van der Waals surface area contributed by atoms with Crippen LogP contribution in [0.4, 0.5) is 5.69 Å². The normalized spacial score (nSPS) is 11.0. The van der Waals surface area contributed by atoms with E-state index in [0.717, 1.165) is 42.6 Å². The monoisotopic (exact) mass is 487 g/mol. The van der Waals surface area contributed by atoms with Crippen LogP contribution in [0.5, 0.6) is 0 Å². The highest BCUT2D eigenvalue weighted by Gasteiger charge is 2.05. The van der Waals surface area contributed by atoms with Gasteiger partial charge in [0.15, 0.2) is 5.96 Å². The first-order chi connectivity index (χ1) is 12.0. The van der Waals surface area contributed by atoms with Crippen molar-refractivity contribution in [3.05, 3.63) is 45.4 Å². The summed E-state index contributed by atoms with van der Waals surface area (Å²) in [5, 5.41) is 7.85. The molecule has 0 spiro atoms. The van der Waals surface area contributed by atoms with Crippen LogP contribution < -0.4 is 15.5 Å². The van der Waals surface area contributed by atoms with Gasteiger partial charge in [0.05, 0.1) is 17.2 Å². The zero-order valence-electron chi connectivity index (χ0n) is 16.3. The average Bonchev–Trinajstić information content (AvgIpc) is 2.92. The Bertz CT molecular complexity index is 694. The van der Waals surface area contributed by atoms with Crippen LogP contribution >= 0.6 is 35.3 Å². The van der Waals surface area contributed by atoms with E-state index in [1.807, 2.05) is 6.92 Å². The minimum Gasteiger partial charge on any atom is -0.378 e. The molecule has 0 unspecified atom stereocenters. The fraction of sp³-hybridized carbons (Fsp3) is 0.474. The van der Waals surface area contributed by atoms with Gasteiger partial charge in [-0.25, -0.2) is 4.98 Å². The van der Waals surface area contributed by atoms with Gasteiger partial charge in [-0.3, -0.25) is 4.99 Å². The van der Waals surface area contributed by atoms with E-state index in [2.05, 4.69) is 70.8 Å².